The van der Waals surface area contributed by atoms with Gasteiger partial charge in [-0.15, -0.1) is 0 Å². The molecule has 2 aromatic heterocycles. The van der Waals surface area contributed by atoms with Crippen molar-refractivity contribution in [3.05, 3.63) is 23.4 Å². The second-order valence-corrected chi connectivity index (χ2v) is 15.7. The van der Waals surface area contributed by atoms with E-state index < -0.39 is 11.9 Å². The van der Waals surface area contributed by atoms with Crippen molar-refractivity contribution < 1.29 is 28.9 Å². The summed E-state index contributed by atoms with van der Waals surface area (Å²) in [5, 5.41) is 33.0. The highest BCUT2D eigenvalue weighted by Crippen LogP contribution is 2.32. The standard InChI is InChI=1S/C19H32N4O3.C19H31N3O3/c24-18(22-25)12-15(9-4-8-14-6-2-1-3-7-14)19-21-17(23-26-19)13-20-16-10-5-11-16;23-18(24)12-15(9-4-8-14-6-2-1-3-7-14)19-21-17(22-25-19)13-20-16-10-5-11-16/h14-16,20,25H,1-13H2,(H,22,24);14-16,20H,1-13H2,(H,23,24)/t2*15-/m11/s1. The number of aromatic nitrogens is 4. The number of hydrogen-bond donors (Lipinski definition) is 5. The number of carbonyl (C=O) groups is 2. The van der Waals surface area contributed by atoms with Gasteiger partial charge in [-0.2, -0.15) is 9.97 Å². The van der Waals surface area contributed by atoms with Gasteiger partial charge >= 0.3 is 5.97 Å². The first-order valence-corrected chi connectivity index (χ1v) is 20.2. The topological polar surface area (TPSA) is 189 Å². The molecule has 0 unspecified atom stereocenters. The Labute approximate surface area is 303 Å². The average molecular weight is 714 g/mol. The van der Waals surface area contributed by atoms with E-state index in [0.29, 0.717) is 48.6 Å². The number of nitrogens with zero attached hydrogens (tertiary/aromatic N) is 4. The molecule has 4 aliphatic carbocycles. The molecule has 4 saturated carbocycles. The molecule has 0 bridgehead atoms. The fraction of sp³-hybridized carbons (Fsp3) is 0.842. The largest absolute Gasteiger partial charge is 0.481 e. The van der Waals surface area contributed by atoms with E-state index >= 15 is 0 Å². The van der Waals surface area contributed by atoms with E-state index in [4.69, 9.17) is 14.3 Å². The fourth-order valence-electron chi connectivity index (χ4n) is 8.07. The molecule has 13 heteroatoms. The summed E-state index contributed by atoms with van der Waals surface area (Å²) in [6, 6.07) is 1.15. The van der Waals surface area contributed by atoms with E-state index in [2.05, 4.69) is 30.9 Å². The van der Waals surface area contributed by atoms with Gasteiger partial charge in [0.15, 0.2) is 11.6 Å². The number of carboxylic acid groups (broad SMARTS) is 1. The Morgan fingerprint density at radius 2 is 1.10 bits per heavy atom. The van der Waals surface area contributed by atoms with E-state index in [1.54, 1.807) is 5.48 Å². The Morgan fingerprint density at radius 1 is 0.647 bits per heavy atom. The van der Waals surface area contributed by atoms with Crippen molar-refractivity contribution in [3.63, 3.8) is 0 Å². The van der Waals surface area contributed by atoms with Crippen LogP contribution in [0.1, 0.15) is 189 Å². The van der Waals surface area contributed by atoms with Crippen LogP contribution in [0.5, 0.6) is 0 Å². The van der Waals surface area contributed by atoms with Gasteiger partial charge in [-0.3, -0.25) is 14.8 Å². The lowest BCUT2D eigenvalue weighted by molar-refractivity contribution is -0.137. The molecule has 5 N–H and O–H groups in total. The third-order valence-corrected chi connectivity index (χ3v) is 11.7. The van der Waals surface area contributed by atoms with Crippen LogP contribution in [0.2, 0.25) is 0 Å². The zero-order valence-corrected chi connectivity index (χ0v) is 30.7. The number of carboxylic acids is 1. The van der Waals surface area contributed by atoms with E-state index in [1.165, 1.54) is 116 Å². The molecule has 0 aliphatic heterocycles. The highest BCUT2D eigenvalue weighted by molar-refractivity contribution is 5.75. The van der Waals surface area contributed by atoms with Gasteiger partial charge in [0, 0.05) is 30.3 Å². The van der Waals surface area contributed by atoms with Crippen LogP contribution in [0.25, 0.3) is 0 Å². The number of nitrogens with one attached hydrogen (secondary N) is 3. The lowest BCUT2D eigenvalue weighted by Gasteiger charge is -2.25. The molecule has 0 spiro atoms. The maximum absolute atomic E-state index is 11.7. The highest BCUT2D eigenvalue weighted by atomic mass is 16.5. The number of hydrogen-bond acceptors (Lipinski definition) is 11. The van der Waals surface area contributed by atoms with Gasteiger partial charge in [0.1, 0.15) is 0 Å². The van der Waals surface area contributed by atoms with E-state index in [0.717, 1.165) is 37.5 Å². The van der Waals surface area contributed by atoms with Crippen molar-refractivity contribution in [1.82, 2.24) is 36.4 Å². The van der Waals surface area contributed by atoms with Crippen LogP contribution in [0.4, 0.5) is 0 Å². The molecular weight excluding hydrogens is 650 g/mol. The Kier molecular flexibility index (Phi) is 16.6. The highest BCUT2D eigenvalue weighted by Gasteiger charge is 2.26. The minimum Gasteiger partial charge on any atom is -0.481 e. The Bertz CT molecular complexity index is 1280. The number of carbonyl (C=O) groups excluding carboxylic acids is 1. The van der Waals surface area contributed by atoms with Crippen LogP contribution in [0.15, 0.2) is 9.05 Å². The minimum atomic E-state index is -0.796. The summed E-state index contributed by atoms with van der Waals surface area (Å²) >= 11 is 0. The third-order valence-electron chi connectivity index (χ3n) is 11.7. The van der Waals surface area contributed by atoms with Gasteiger partial charge in [0.2, 0.25) is 17.7 Å². The summed E-state index contributed by atoms with van der Waals surface area (Å²) in [5.41, 5.74) is 1.73. The third kappa shape index (κ3) is 13.9. The fourth-order valence-corrected chi connectivity index (χ4v) is 8.07. The van der Waals surface area contributed by atoms with Crippen molar-refractivity contribution in [2.45, 2.75) is 191 Å². The first-order valence-electron chi connectivity index (χ1n) is 20.2. The first kappa shape index (κ1) is 39.3. The van der Waals surface area contributed by atoms with Gasteiger partial charge < -0.3 is 24.8 Å². The second kappa shape index (κ2) is 21.6. The van der Waals surface area contributed by atoms with Crippen LogP contribution in [0.3, 0.4) is 0 Å². The van der Waals surface area contributed by atoms with Gasteiger partial charge in [-0.05, 0) is 50.4 Å². The molecule has 6 rings (SSSR count). The molecule has 51 heavy (non-hydrogen) atoms. The average Bonchev–Trinajstić information content (AvgIpc) is 3.77. The molecular formula is C38H63N7O6. The van der Waals surface area contributed by atoms with Crippen LogP contribution in [-0.4, -0.2) is 54.6 Å². The second-order valence-electron chi connectivity index (χ2n) is 15.7. The lowest BCUT2D eigenvalue weighted by atomic mass is 9.84. The van der Waals surface area contributed by atoms with Crippen LogP contribution < -0.4 is 16.1 Å². The maximum Gasteiger partial charge on any atom is 0.304 e. The number of hydroxylamine groups is 1. The molecule has 2 atom stereocenters. The molecule has 4 aliphatic rings. The first-order chi connectivity index (χ1) is 24.9. The Hall–Kier alpha value is -2.90. The predicted octanol–water partition coefficient (Wildman–Crippen LogP) is 7.46. The van der Waals surface area contributed by atoms with Crippen LogP contribution in [0, 0.1) is 11.8 Å². The van der Waals surface area contributed by atoms with Gasteiger partial charge in [-0.25, -0.2) is 5.48 Å². The van der Waals surface area contributed by atoms with Crippen LogP contribution >= 0.6 is 0 Å². The lowest BCUT2D eigenvalue weighted by Crippen LogP contribution is -2.34. The van der Waals surface area contributed by atoms with Crippen molar-refractivity contribution in [2.75, 3.05) is 0 Å². The van der Waals surface area contributed by atoms with E-state index in [1.807, 2.05) is 0 Å². The van der Waals surface area contributed by atoms with Crippen molar-refractivity contribution in [3.8, 4) is 0 Å². The summed E-state index contributed by atoms with van der Waals surface area (Å²) in [7, 11) is 0. The predicted molar refractivity (Wildman–Crippen MR) is 191 cm³/mol. The summed E-state index contributed by atoms with van der Waals surface area (Å²) in [6.45, 7) is 1.21. The normalized spacial score (nSPS) is 20.1. The molecule has 4 fully saturated rings. The molecule has 286 valence electrons. The van der Waals surface area contributed by atoms with E-state index in [9.17, 15) is 14.7 Å². The zero-order chi connectivity index (χ0) is 35.7. The molecule has 1 amide bonds. The number of aliphatic carboxylic acids is 1. The van der Waals surface area contributed by atoms with Crippen molar-refractivity contribution in [1.29, 1.82) is 0 Å². The maximum atomic E-state index is 11.7. The Balaban J connectivity index is 0.000000198. The zero-order valence-electron chi connectivity index (χ0n) is 30.7. The summed E-state index contributed by atoms with van der Waals surface area (Å²) in [4.78, 5) is 31.8. The smallest absolute Gasteiger partial charge is 0.304 e. The molecule has 0 aromatic carbocycles. The van der Waals surface area contributed by atoms with Gasteiger partial charge in [-0.1, -0.05) is 113 Å². The summed E-state index contributed by atoms with van der Waals surface area (Å²) in [5.74, 6) is 2.46. The van der Waals surface area contributed by atoms with Crippen molar-refractivity contribution in [2.24, 2.45) is 11.8 Å². The quantitative estimate of drug-likeness (QED) is 0.0674. The molecule has 2 heterocycles. The molecule has 2 aromatic rings. The summed E-state index contributed by atoms with van der Waals surface area (Å²) in [6.07, 6.45) is 27.3. The minimum absolute atomic E-state index is 0.0718. The number of rotatable bonds is 20. The Morgan fingerprint density at radius 3 is 1.49 bits per heavy atom. The molecule has 0 radical (unpaired) electrons. The number of amides is 1. The van der Waals surface area contributed by atoms with Gasteiger partial charge in [0.25, 0.3) is 0 Å². The van der Waals surface area contributed by atoms with Crippen LogP contribution in [-0.2, 0) is 22.7 Å². The monoisotopic (exact) mass is 713 g/mol. The van der Waals surface area contributed by atoms with Crippen molar-refractivity contribution >= 4 is 11.9 Å². The van der Waals surface area contributed by atoms with E-state index in [-0.39, 0.29) is 24.7 Å². The SMILES string of the molecule is O=C(C[C@@H](CCCC1CCCCC1)c1nc(CNC2CCC2)no1)NO.O=C(O)C[C@@H](CCCC1CCCCC1)c1nc(CNC2CCC2)no1. The summed E-state index contributed by atoms with van der Waals surface area (Å²) < 4.78 is 10.8. The molecule has 0 saturated heterocycles. The van der Waals surface area contributed by atoms with Gasteiger partial charge in [0.05, 0.1) is 19.5 Å². The molecule has 13 nitrogen and oxygen atoms in total.